The first-order chi connectivity index (χ1) is 6.68. The molecule has 0 atom stereocenters. The van der Waals surface area contributed by atoms with Gasteiger partial charge in [0, 0.05) is 24.1 Å². The fraction of sp³-hybridized carbons (Fsp3) is 0.333. The topological polar surface area (TPSA) is 16.1 Å². The zero-order valence-corrected chi connectivity index (χ0v) is 10.0. The Morgan fingerprint density at radius 2 is 2.43 bits per heavy atom. The van der Waals surface area contributed by atoms with E-state index in [4.69, 9.17) is 23.8 Å². The monoisotopic (exact) mass is 244 g/mol. The highest BCUT2D eigenvalue weighted by Crippen LogP contribution is 2.34. The van der Waals surface area contributed by atoms with Gasteiger partial charge in [0.05, 0.1) is 16.9 Å². The molecular formula is C9H9ClN2S2. The summed E-state index contributed by atoms with van der Waals surface area (Å²) in [6, 6.07) is 1.89. The van der Waals surface area contributed by atoms with Gasteiger partial charge in [-0.1, -0.05) is 23.8 Å². The van der Waals surface area contributed by atoms with Crippen molar-refractivity contribution in [1.29, 1.82) is 0 Å². The van der Waals surface area contributed by atoms with E-state index >= 15 is 0 Å². The summed E-state index contributed by atoms with van der Waals surface area (Å²) in [7, 11) is 1.97. The fourth-order valence-corrected chi connectivity index (χ4v) is 2.92. The first-order valence-corrected chi connectivity index (χ1v) is 6.00. The minimum absolute atomic E-state index is 0.539. The van der Waals surface area contributed by atoms with Gasteiger partial charge in [-0.05, 0) is 6.07 Å². The first-order valence-electron chi connectivity index (χ1n) is 4.23. The second kappa shape index (κ2) is 4.04. The summed E-state index contributed by atoms with van der Waals surface area (Å²) >= 11 is 12.9. The summed E-state index contributed by atoms with van der Waals surface area (Å²) in [6.07, 6.45) is 2.71. The Kier molecular flexibility index (Phi) is 2.95. The number of nitrogens with zero attached hydrogens (tertiary/aromatic N) is 2. The van der Waals surface area contributed by atoms with Crippen molar-refractivity contribution < 1.29 is 0 Å². The quantitative estimate of drug-likeness (QED) is 0.515. The summed E-state index contributed by atoms with van der Waals surface area (Å²) in [4.78, 5) is 8.20. The third-order valence-electron chi connectivity index (χ3n) is 2.12. The molecule has 5 heteroatoms. The van der Waals surface area contributed by atoms with Crippen molar-refractivity contribution in [3.8, 4) is 0 Å². The Labute approximate surface area is 97.6 Å². The van der Waals surface area contributed by atoms with E-state index in [9.17, 15) is 0 Å². The molecule has 0 saturated heterocycles. The Balaban J connectivity index is 2.48. The Hall–Kier alpha value is -0.320. The maximum Gasteiger partial charge on any atom is 0.130 e. The van der Waals surface area contributed by atoms with Gasteiger partial charge in [0.1, 0.15) is 5.15 Å². The SMILES string of the molecule is CN1C(=S)CCSc2cc(Cl)ncc21. The molecule has 74 valence electrons. The average molecular weight is 245 g/mol. The number of rotatable bonds is 0. The predicted molar refractivity (Wildman–Crippen MR) is 65.6 cm³/mol. The van der Waals surface area contributed by atoms with Crippen LogP contribution in [0, 0.1) is 0 Å². The molecule has 0 amide bonds. The number of anilines is 1. The molecule has 0 spiro atoms. The van der Waals surface area contributed by atoms with Gasteiger partial charge in [0.25, 0.3) is 0 Å². The molecule has 1 aromatic heterocycles. The van der Waals surface area contributed by atoms with Gasteiger partial charge in [0.2, 0.25) is 0 Å². The Morgan fingerprint density at radius 1 is 1.64 bits per heavy atom. The lowest BCUT2D eigenvalue weighted by atomic mass is 10.3. The third kappa shape index (κ3) is 1.87. The van der Waals surface area contributed by atoms with Crippen LogP contribution >= 0.6 is 35.6 Å². The number of aromatic nitrogens is 1. The molecule has 14 heavy (non-hydrogen) atoms. The van der Waals surface area contributed by atoms with Crippen molar-refractivity contribution in [3.63, 3.8) is 0 Å². The van der Waals surface area contributed by atoms with Gasteiger partial charge < -0.3 is 4.90 Å². The number of hydrogen-bond donors (Lipinski definition) is 0. The van der Waals surface area contributed by atoms with Gasteiger partial charge in [-0.3, -0.25) is 0 Å². The Bertz CT molecular complexity index is 381. The maximum absolute atomic E-state index is 5.84. The van der Waals surface area contributed by atoms with Crippen molar-refractivity contribution in [2.75, 3.05) is 17.7 Å². The normalized spacial score (nSPS) is 16.4. The molecule has 0 radical (unpaired) electrons. The van der Waals surface area contributed by atoms with Gasteiger partial charge in [-0.15, -0.1) is 11.8 Å². The molecule has 1 aromatic rings. The number of fused-ring (bicyclic) bond motifs is 1. The summed E-state index contributed by atoms with van der Waals surface area (Å²) in [5.74, 6) is 1.01. The molecule has 2 rings (SSSR count). The van der Waals surface area contributed by atoms with E-state index in [1.807, 2.05) is 18.0 Å². The van der Waals surface area contributed by atoms with Crippen molar-refractivity contribution >= 4 is 46.3 Å². The van der Waals surface area contributed by atoms with Crippen LogP contribution in [0.2, 0.25) is 5.15 Å². The van der Waals surface area contributed by atoms with Gasteiger partial charge in [0.15, 0.2) is 0 Å². The summed E-state index contributed by atoms with van der Waals surface area (Å²) in [5, 5.41) is 0.539. The van der Waals surface area contributed by atoms with Crippen LogP contribution in [0.15, 0.2) is 17.2 Å². The molecule has 0 N–H and O–H groups in total. The van der Waals surface area contributed by atoms with Crippen LogP contribution in [0.3, 0.4) is 0 Å². The van der Waals surface area contributed by atoms with E-state index in [0.29, 0.717) is 5.15 Å². The number of halogens is 1. The molecule has 2 heterocycles. The molecule has 0 unspecified atom stereocenters. The number of thioether (sulfide) groups is 1. The molecule has 0 aromatic carbocycles. The van der Waals surface area contributed by atoms with Crippen molar-refractivity contribution in [3.05, 3.63) is 17.4 Å². The summed E-state index contributed by atoms with van der Waals surface area (Å²) in [5.41, 5.74) is 1.06. The summed E-state index contributed by atoms with van der Waals surface area (Å²) in [6.45, 7) is 0. The number of pyridine rings is 1. The zero-order chi connectivity index (χ0) is 10.1. The van der Waals surface area contributed by atoms with E-state index in [1.165, 1.54) is 0 Å². The van der Waals surface area contributed by atoms with E-state index in [1.54, 1.807) is 18.0 Å². The van der Waals surface area contributed by atoms with Crippen LogP contribution in [0.1, 0.15) is 6.42 Å². The Morgan fingerprint density at radius 3 is 3.21 bits per heavy atom. The molecule has 0 saturated carbocycles. The van der Waals surface area contributed by atoms with Crippen molar-refractivity contribution in [1.82, 2.24) is 4.98 Å². The van der Waals surface area contributed by atoms with Gasteiger partial charge in [-0.25, -0.2) is 4.98 Å². The van der Waals surface area contributed by atoms with E-state index < -0.39 is 0 Å². The maximum atomic E-state index is 5.84. The van der Waals surface area contributed by atoms with Crippen LogP contribution in [-0.2, 0) is 0 Å². The standard InChI is InChI=1S/C9H9ClN2S2/c1-12-6-5-11-8(10)4-7(6)14-3-2-9(12)13/h4-5H,2-3H2,1H3. The van der Waals surface area contributed by atoms with Gasteiger partial charge in [-0.2, -0.15) is 0 Å². The average Bonchev–Trinajstić information content (AvgIpc) is 2.28. The highest BCUT2D eigenvalue weighted by Gasteiger charge is 2.17. The fourth-order valence-electron chi connectivity index (χ4n) is 1.32. The lowest BCUT2D eigenvalue weighted by Crippen LogP contribution is -2.23. The van der Waals surface area contributed by atoms with E-state index in [0.717, 1.165) is 27.7 Å². The van der Waals surface area contributed by atoms with E-state index in [-0.39, 0.29) is 0 Å². The zero-order valence-electron chi connectivity index (χ0n) is 7.66. The third-order valence-corrected chi connectivity index (χ3v) is 3.85. The molecule has 1 aliphatic rings. The van der Waals surface area contributed by atoms with Crippen molar-refractivity contribution in [2.24, 2.45) is 0 Å². The van der Waals surface area contributed by atoms with Crippen molar-refractivity contribution in [2.45, 2.75) is 11.3 Å². The minimum Gasteiger partial charge on any atom is -0.337 e. The highest BCUT2D eigenvalue weighted by atomic mass is 35.5. The van der Waals surface area contributed by atoms with Crippen LogP contribution in [0.5, 0.6) is 0 Å². The van der Waals surface area contributed by atoms with Crippen LogP contribution in [0.25, 0.3) is 0 Å². The lowest BCUT2D eigenvalue weighted by molar-refractivity contribution is 1.16. The van der Waals surface area contributed by atoms with Crippen LogP contribution < -0.4 is 4.90 Å². The second-order valence-electron chi connectivity index (χ2n) is 3.03. The van der Waals surface area contributed by atoms with Gasteiger partial charge >= 0.3 is 0 Å². The van der Waals surface area contributed by atoms with E-state index in [2.05, 4.69) is 4.98 Å². The molecular weight excluding hydrogens is 236 g/mol. The molecule has 1 aliphatic heterocycles. The molecule has 0 fully saturated rings. The second-order valence-corrected chi connectivity index (χ2v) is 5.02. The smallest absolute Gasteiger partial charge is 0.130 e. The molecule has 0 bridgehead atoms. The lowest BCUT2D eigenvalue weighted by Gasteiger charge is -2.18. The van der Waals surface area contributed by atoms with Crippen LogP contribution in [0.4, 0.5) is 5.69 Å². The minimum atomic E-state index is 0.539. The number of thiocarbonyl (C=S) groups is 1. The summed E-state index contributed by atoms with van der Waals surface area (Å²) < 4.78 is 0. The molecule has 2 nitrogen and oxygen atoms in total. The largest absolute Gasteiger partial charge is 0.337 e. The number of hydrogen-bond acceptors (Lipinski definition) is 3. The molecule has 0 aliphatic carbocycles. The highest BCUT2D eigenvalue weighted by molar-refractivity contribution is 7.99. The predicted octanol–water partition coefficient (Wildman–Crippen LogP) is 2.99. The first kappa shape index (κ1) is 10.2. The van der Waals surface area contributed by atoms with Crippen LogP contribution in [-0.4, -0.2) is 22.8 Å².